The molecule has 1 saturated heterocycles. The number of carbonyl (C=O) groups excluding carboxylic acids is 1. The first-order valence-electron chi connectivity index (χ1n) is 11.1. The first-order chi connectivity index (χ1) is 15.2. The van der Waals surface area contributed by atoms with Gasteiger partial charge in [-0.3, -0.25) is 19.7 Å². The van der Waals surface area contributed by atoms with Crippen molar-refractivity contribution in [1.82, 2.24) is 19.8 Å². The molecule has 0 spiro atoms. The second kappa shape index (κ2) is 10.3. The van der Waals surface area contributed by atoms with E-state index in [9.17, 15) is 4.79 Å². The van der Waals surface area contributed by atoms with E-state index in [2.05, 4.69) is 57.0 Å². The van der Waals surface area contributed by atoms with Crippen LogP contribution in [0.25, 0.3) is 11.1 Å². The number of carbonyl (C=O) groups is 1. The van der Waals surface area contributed by atoms with Gasteiger partial charge in [0.2, 0.25) is 5.91 Å². The molecule has 160 valence electrons. The van der Waals surface area contributed by atoms with E-state index in [0.29, 0.717) is 0 Å². The van der Waals surface area contributed by atoms with E-state index < -0.39 is 0 Å². The Morgan fingerprint density at radius 2 is 1.77 bits per heavy atom. The summed E-state index contributed by atoms with van der Waals surface area (Å²) < 4.78 is 0. The number of rotatable bonds is 7. The number of hydrogen-bond donors (Lipinski definition) is 0. The summed E-state index contributed by atoms with van der Waals surface area (Å²) in [4.78, 5) is 26.5. The molecule has 5 nitrogen and oxygen atoms in total. The summed E-state index contributed by atoms with van der Waals surface area (Å²) in [5.41, 5.74) is 4.58. The predicted molar refractivity (Wildman–Crippen MR) is 123 cm³/mol. The summed E-state index contributed by atoms with van der Waals surface area (Å²) in [6.07, 6.45) is 7.19. The number of benzene rings is 1. The van der Waals surface area contributed by atoms with Crippen molar-refractivity contribution in [3.05, 3.63) is 84.4 Å². The molecule has 3 aromatic rings. The van der Waals surface area contributed by atoms with Gasteiger partial charge in [-0.15, -0.1) is 0 Å². The maximum atomic E-state index is 13.5. The summed E-state index contributed by atoms with van der Waals surface area (Å²) in [5, 5.41) is 0. The van der Waals surface area contributed by atoms with Crippen molar-refractivity contribution < 1.29 is 4.79 Å². The van der Waals surface area contributed by atoms with Gasteiger partial charge in [-0.1, -0.05) is 37.3 Å². The van der Waals surface area contributed by atoms with E-state index in [1.54, 1.807) is 0 Å². The SMILES string of the molecule is CCCN1CCN(Cc2ccccn2)C[C@@H](Cc2ccccc2-c2ccncc2)C1=O. The van der Waals surface area contributed by atoms with Crippen molar-refractivity contribution in [3.8, 4) is 11.1 Å². The summed E-state index contributed by atoms with van der Waals surface area (Å²) in [6, 6.07) is 18.5. The molecular formula is C26H30N4O. The Morgan fingerprint density at radius 1 is 0.968 bits per heavy atom. The fourth-order valence-corrected chi connectivity index (χ4v) is 4.40. The van der Waals surface area contributed by atoms with Crippen LogP contribution in [0.1, 0.15) is 24.6 Å². The summed E-state index contributed by atoms with van der Waals surface area (Å²) >= 11 is 0. The molecule has 0 saturated carbocycles. The van der Waals surface area contributed by atoms with Crippen molar-refractivity contribution in [2.24, 2.45) is 5.92 Å². The molecule has 1 aliphatic rings. The van der Waals surface area contributed by atoms with Crippen LogP contribution in [0.2, 0.25) is 0 Å². The molecule has 5 heteroatoms. The number of pyridine rings is 2. The molecule has 0 radical (unpaired) electrons. The van der Waals surface area contributed by atoms with E-state index >= 15 is 0 Å². The molecule has 1 amide bonds. The minimum atomic E-state index is -0.0688. The van der Waals surface area contributed by atoms with Crippen molar-refractivity contribution in [3.63, 3.8) is 0 Å². The third kappa shape index (κ3) is 5.36. The average molecular weight is 415 g/mol. The minimum absolute atomic E-state index is 0.0688. The van der Waals surface area contributed by atoms with Crippen LogP contribution >= 0.6 is 0 Å². The van der Waals surface area contributed by atoms with Gasteiger partial charge >= 0.3 is 0 Å². The van der Waals surface area contributed by atoms with Gasteiger partial charge in [-0.25, -0.2) is 0 Å². The number of amides is 1. The molecule has 2 aromatic heterocycles. The van der Waals surface area contributed by atoms with Gasteiger partial charge in [0.1, 0.15) is 0 Å². The molecule has 1 atom stereocenters. The van der Waals surface area contributed by atoms with Gasteiger partial charge in [0, 0.05) is 51.3 Å². The lowest BCUT2D eigenvalue weighted by atomic mass is 9.91. The van der Waals surface area contributed by atoms with Crippen LogP contribution in [0.5, 0.6) is 0 Å². The van der Waals surface area contributed by atoms with E-state index in [1.165, 1.54) is 11.1 Å². The Labute approximate surface area is 184 Å². The predicted octanol–water partition coefficient (Wildman–Crippen LogP) is 4.06. The van der Waals surface area contributed by atoms with Crippen molar-refractivity contribution in [1.29, 1.82) is 0 Å². The van der Waals surface area contributed by atoms with Crippen LogP contribution in [0.15, 0.2) is 73.2 Å². The van der Waals surface area contributed by atoms with E-state index in [4.69, 9.17) is 0 Å². The fraction of sp³-hybridized carbons (Fsp3) is 0.346. The van der Waals surface area contributed by atoms with Gasteiger partial charge < -0.3 is 4.90 Å². The third-order valence-corrected chi connectivity index (χ3v) is 5.91. The average Bonchev–Trinajstić information content (AvgIpc) is 2.95. The zero-order chi connectivity index (χ0) is 21.5. The van der Waals surface area contributed by atoms with Gasteiger partial charge in [-0.2, -0.15) is 0 Å². The molecule has 31 heavy (non-hydrogen) atoms. The Bertz CT molecular complexity index is 977. The topological polar surface area (TPSA) is 49.3 Å². The summed E-state index contributed by atoms with van der Waals surface area (Å²) in [7, 11) is 0. The number of nitrogens with zero attached hydrogens (tertiary/aromatic N) is 4. The number of aromatic nitrogens is 2. The summed E-state index contributed by atoms with van der Waals surface area (Å²) in [5.74, 6) is 0.204. The number of hydrogen-bond acceptors (Lipinski definition) is 4. The smallest absolute Gasteiger partial charge is 0.227 e. The molecule has 0 bridgehead atoms. The lowest BCUT2D eigenvalue weighted by molar-refractivity contribution is -0.134. The molecule has 1 aromatic carbocycles. The molecule has 4 rings (SSSR count). The lowest BCUT2D eigenvalue weighted by Crippen LogP contribution is -2.37. The first kappa shape index (κ1) is 21.2. The van der Waals surface area contributed by atoms with Gasteiger partial charge in [0.25, 0.3) is 0 Å². The largest absolute Gasteiger partial charge is 0.341 e. The van der Waals surface area contributed by atoms with Gasteiger partial charge in [0.15, 0.2) is 0 Å². The molecule has 0 aliphatic carbocycles. The molecule has 1 fully saturated rings. The Hall–Kier alpha value is -3.05. The van der Waals surface area contributed by atoms with Crippen LogP contribution in [0.4, 0.5) is 0 Å². The van der Waals surface area contributed by atoms with Crippen molar-refractivity contribution >= 4 is 5.91 Å². The Morgan fingerprint density at radius 3 is 2.55 bits per heavy atom. The van der Waals surface area contributed by atoms with Crippen LogP contribution in [0, 0.1) is 5.92 Å². The summed E-state index contributed by atoms with van der Waals surface area (Å²) in [6.45, 7) is 6.14. The molecular weight excluding hydrogens is 384 g/mol. The van der Waals surface area contributed by atoms with E-state index in [-0.39, 0.29) is 11.8 Å². The Balaban J connectivity index is 1.59. The van der Waals surface area contributed by atoms with Crippen LogP contribution in [-0.4, -0.2) is 51.9 Å². The molecule has 3 heterocycles. The monoisotopic (exact) mass is 414 g/mol. The van der Waals surface area contributed by atoms with E-state index in [1.807, 2.05) is 42.9 Å². The highest BCUT2D eigenvalue weighted by molar-refractivity contribution is 5.80. The van der Waals surface area contributed by atoms with Crippen LogP contribution < -0.4 is 0 Å². The van der Waals surface area contributed by atoms with Gasteiger partial charge in [0.05, 0.1) is 11.6 Å². The van der Waals surface area contributed by atoms with Crippen molar-refractivity contribution in [2.75, 3.05) is 26.2 Å². The zero-order valence-electron chi connectivity index (χ0n) is 18.2. The molecule has 0 unspecified atom stereocenters. The molecule has 1 aliphatic heterocycles. The maximum Gasteiger partial charge on any atom is 0.227 e. The normalized spacial score (nSPS) is 17.5. The standard InChI is InChI=1S/C26H30N4O/c1-2-15-30-17-16-29(20-24-8-5-6-12-28-24)19-23(26(30)31)18-22-7-3-4-9-25(22)21-10-13-27-14-11-21/h3-14,23H,2,15-20H2,1H3/t23-/m1/s1. The highest BCUT2D eigenvalue weighted by atomic mass is 16.2. The van der Waals surface area contributed by atoms with Crippen LogP contribution in [0.3, 0.4) is 0 Å². The molecule has 0 N–H and O–H groups in total. The lowest BCUT2D eigenvalue weighted by Gasteiger charge is -2.24. The second-order valence-electron chi connectivity index (χ2n) is 8.18. The Kier molecular flexibility index (Phi) is 7.05. The second-order valence-corrected chi connectivity index (χ2v) is 8.18. The van der Waals surface area contributed by atoms with E-state index in [0.717, 1.165) is 56.8 Å². The van der Waals surface area contributed by atoms with Gasteiger partial charge in [-0.05, 0) is 53.8 Å². The highest BCUT2D eigenvalue weighted by Gasteiger charge is 2.30. The first-order valence-corrected chi connectivity index (χ1v) is 11.1. The fourth-order valence-electron chi connectivity index (χ4n) is 4.40. The maximum absolute atomic E-state index is 13.5. The highest BCUT2D eigenvalue weighted by Crippen LogP contribution is 2.27. The quantitative estimate of drug-likeness (QED) is 0.585. The van der Waals surface area contributed by atoms with Crippen molar-refractivity contribution in [2.45, 2.75) is 26.3 Å². The minimum Gasteiger partial charge on any atom is -0.341 e. The van der Waals surface area contributed by atoms with Crippen LogP contribution in [-0.2, 0) is 17.8 Å². The zero-order valence-corrected chi connectivity index (χ0v) is 18.2. The third-order valence-electron chi connectivity index (χ3n) is 5.91.